The number of aliphatic imine (C=N–C) groups is 1. The molecule has 2 atom stereocenters. The molecule has 2 aliphatic heterocycles. The van der Waals surface area contributed by atoms with E-state index < -0.39 is 21.5 Å². The minimum Gasteiger partial charge on any atom is -0.444 e. The zero-order chi connectivity index (χ0) is 23.0. The minimum absolute atomic E-state index is 0.0255. The molecule has 0 bridgehead atoms. The van der Waals surface area contributed by atoms with Crippen LogP contribution in [-0.2, 0) is 19.4 Å². The van der Waals surface area contributed by atoms with Crippen molar-refractivity contribution < 1.29 is 22.7 Å². The Morgan fingerprint density at radius 2 is 1.94 bits per heavy atom. The quantitative estimate of drug-likeness (QED) is 0.726. The number of sulfone groups is 1. The molecule has 2 saturated heterocycles. The van der Waals surface area contributed by atoms with Gasteiger partial charge in [-0.05, 0) is 57.9 Å². The molecule has 2 fully saturated rings. The van der Waals surface area contributed by atoms with Crippen molar-refractivity contribution in [1.82, 2.24) is 5.32 Å². The molecule has 10 heteroatoms. The second-order valence-corrected chi connectivity index (χ2v) is 12.3. The van der Waals surface area contributed by atoms with Gasteiger partial charge in [-0.2, -0.15) is 4.99 Å². The second-order valence-electron chi connectivity index (χ2n) is 8.91. The molecule has 170 valence electrons. The maximum atomic E-state index is 12.5. The number of benzene rings is 1. The molecule has 0 unspecified atom stereocenters. The van der Waals surface area contributed by atoms with Crippen molar-refractivity contribution in [2.24, 2.45) is 4.99 Å². The minimum atomic E-state index is -3.12. The van der Waals surface area contributed by atoms with Crippen molar-refractivity contribution in [2.45, 2.75) is 57.9 Å². The predicted molar refractivity (Wildman–Crippen MR) is 124 cm³/mol. The van der Waals surface area contributed by atoms with Gasteiger partial charge >= 0.3 is 6.09 Å². The van der Waals surface area contributed by atoms with Crippen LogP contribution in [0.4, 0.5) is 10.5 Å². The molecule has 2 aliphatic rings. The number of nitrogens with one attached hydrogen (secondary N) is 1. The van der Waals surface area contributed by atoms with E-state index in [1.54, 1.807) is 20.8 Å². The van der Waals surface area contributed by atoms with Gasteiger partial charge in [0.05, 0.1) is 17.5 Å². The van der Waals surface area contributed by atoms with E-state index in [9.17, 15) is 18.0 Å². The van der Waals surface area contributed by atoms with Crippen LogP contribution >= 0.6 is 11.8 Å². The Labute approximate surface area is 187 Å². The van der Waals surface area contributed by atoms with Gasteiger partial charge in [0.25, 0.3) is 0 Å². The molecular formula is C21H29N3O5S2. The van der Waals surface area contributed by atoms with Crippen molar-refractivity contribution in [2.75, 3.05) is 23.0 Å². The number of thioether (sulfide) groups is 1. The number of anilines is 1. The molecule has 1 aromatic carbocycles. The fourth-order valence-electron chi connectivity index (χ4n) is 3.49. The van der Waals surface area contributed by atoms with E-state index in [4.69, 9.17) is 4.74 Å². The summed E-state index contributed by atoms with van der Waals surface area (Å²) in [5.41, 5.74) is 2.44. The Morgan fingerprint density at radius 1 is 1.23 bits per heavy atom. The third-order valence-corrected chi connectivity index (χ3v) is 8.27. The lowest BCUT2D eigenvalue weighted by Crippen LogP contribution is -2.38. The highest BCUT2D eigenvalue weighted by Gasteiger charge is 2.49. The highest BCUT2D eigenvalue weighted by Crippen LogP contribution is 2.41. The first-order valence-corrected chi connectivity index (χ1v) is 12.9. The standard InChI is InChI=1S/C21H29N3O5S2/c1-13-6-7-15(10-14(13)2)24-16-11-31(27,28)12-17(16)30-19(24)23-18(25)8-9-22-20(26)29-21(3,4)5/h6-7,10,16-17H,8-9,11-12H2,1-5H3,(H,22,26)/t16-,17+/m0/s1. The Hall–Kier alpha value is -2.07. The lowest BCUT2D eigenvalue weighted by atomic mass is 10.1. The number of alkyl carbamates (subject to hydrolysis) is 1. The van der Waals surface area contributed by atoms with E-state index in [0.29, 0.717) is 5.17 Å². The van der Waals surface area contributed by atoms with Crippen LogP contribution in [0, 0.1) is 13.8 Å². The fourth-order valence-corrected chi connectivity index (χ4v) is 7.42. The topological polar surface area (TPSA) is 105 Å². The number of aryl methyl sites for hydroxylation is 2. The zero-order valence-electron chi connectivity index (χ0n) is 18.5. The summed E-state index contributed by atoms with van der Waals surface area (Å²) in [4.78, 5) is 30.3. The van der Waals surface area contributed by atoms with Gasteiger partial charge in [-0.25, -0.2) is 13.2 Å². The summed E-state index contributed by atoms with van der Waals surface area (Å²) in [6.45, 7) is 9.41. The molecule has 1 aromatic rings. The monoisotopic (exact) mass is 467 g/mol. The summed E-state index contributed by atoms with van der Waals surface area (Å²) in [6.07, 6.45) is -0.558. The van der Waals surface area contributed by atoms with E-state index >= 15 is 0 Å². The number of carbonyl (C=O) groups is 2. The first-order chi connectivity index (χ1) is 14.3. The van der Waals surface area contributed by atoms with Crippen LogP contribution in [0.15, 0.2) is 23.2 Å². The molecule has 0 aliphatic carbocycles. The molecule has 3 rings (SSSR count). The van der Waals surface area contributed by atoms with Crippen LogP contribution in [0.1, 0.15) is 38.3 Å². The molecule has 2 heterocycles. The van der Waals surface area contributed by atoms with E-state index in [0.717, 1.165) is 16.8 Å². The molecule has 0 radical (unpaired) electrons. The Kier molecular flexibility index (Phi) is 6.71. The van der Waals surface area contributed by atoms with Crippen LogP contribution in [0.5, 0.6) is 0 Å². The normalized spacial score (nSPS) is 23.6. The fraction of sp³-hybridized carbons (Fsp3) is 0.571. The number of carbonyl (C=O) groups excluding carboxylic acids is 2. The average Bonchev–Trinajstić information content (AvgIpc) is 3.06. The molecular weight excluding hydrogens is 438 g/mol. The lowest BCUT2D eigenvalue weighted by molar-refractivity contribution is -0.117. The summed E-state index contributed by atoms with van der Waals surface area (Å²) < 4.78 is 29.5. The van der Waals surface area contributed by atoms with E-state index in [1.807, 2.05) is 36.9 Å². The van der Waals surface area contributed by atoms with Gasteiger partial charge in [-0.1, -0.05) is 17.8 Å². The van der Waals surface area contributed by atoms with Crippen molar-refractivity contribution in [1.29, 1.82) is 0 Å². The van der Waals surface area contributed by atoms with Crippen LogP contribution in [-0.4, -0.2) is 60.5 Å². The number of ether oxygens (including phenoxy) is 1. The predicted octanol–water partition coefficient (Wildman–Crippen LogP) is 2.82. The zero-order valence-corrected chi connectivity index (χ0v) is 20.1. The molecule has 31 heavy (non-hydrogen) atoms. The van der Waals surface area contributed by atoms with Gasteiger partial charge in [-0.3, -0.25) is 4.79 Å². The number of amidine groups is 1. The lowest BCUT2D eigenvalue weighted by Gasteiger charge is -2.25. The summed E-state index contributed by atoms with van der Waals surface area (Å²) in [7, 11) is -3.12. The smallest absolute Gasteiger partial charge is 0.407 e. The molecule has 2 amide bonds. The van der Waals surface area contributed by atoms with Crippen molar-refractivity contribution in [3.63, 3.8) is 0 Å². The SMILES string of the molecule is Cc1ccc(N2C(=NC(=O)CCNC(=O)OC(C)(C)C)S[C@@H]3CS(=O)(=O)C[C@@H]32)cc1C. The first kappa shape index (κ1) is 23.6. The first-order valence-electron chi connectivity index (χ1n) is 10.2. The number of hydrogen-bond donors (Lipinski definition) is 1. The highest BCUT2D eigenvalue weighted by atomic mass is 32.2. The maximum Gasteiger partial charge on any atom is 0.407 e. The van der Waals surface area contributed by atoms with Gasteiger partial charge in [-0.15, -0.1) is 0 Å². The van der Waals surface area contributed by atoms with Crippen LogP contribution in [0.25, 0.3) is 0 Å². The van der Waals surface area contributed by atoms with Gasteiger partial charge in [0.1, 0.15) is 5.60 Å². The van der Waals surface area contributed by atoms with Gasteiger partial charge in [0.15, 0.2) is 15.0 Å². The van der Waals surface area contributed by atoms with Crippen LogP contribution in [0.3, 0.4) is 0 Å². The van der Waals surface area contributed by atoms with Gasteiger partial charge < -0.3 is 15.0 Å². The van der Waals surface area contributed by atoms with Crippen LogP contribution < -0.4 is 10.2 Å². The number of fused-ring (bicyclic) bond motifs is 1. The van der Waals surface area contributed by atoms with Crippen molar-refractivity contribution in [3.8, 4) is 0 Å². The number of nitrogens with zero attached hydrogens (tertiary/aromatic N) is 2. The van der Waals surface area contributed by atoms with Gasteiger partial charge in [0.2, 0.25) is 5.91 Å². The Morgan fingerprint density at radius 3 is 2.58 bits per heavy atom. The molecule has 0 spiro atoms. The average molecular weight is 468 g/mol. The van der Waals surface area contributed by atoms with E-state index in [1.165, 1.54) is 11.8 Å². The van der Waals surface area contributed by atoms with Gasteiger partial charge in [0, 0.05) is 23.9 Å². The second kappa shape index (κ2) is 8.82. The highest BCUT2D eigenvalue weighted by molar-refractivity contribution is 8.16. The molecule has 0 saturated carbocycles. The van der Waals surface area contributed by atoms with E-state index in [2.05, 4.69) is 10.3 Å². The number of rotatable bonds is 4. The number of hydrogen-bond acceptors (Lipinski definition) is 6. The summed E-state index contributed by atoms with van der Waals surface area (Å²) in [5, 5.41) is 2.91. The molecule has 0 aromatic heterocycles. The third-order valence-electron chi connectivity index (χ3n) is 5.06. The van der Waals surface area contributed by atoms with Crippen LogP contribution in [0.2, 0.25) is 0 Å². The molecule has 1 N–H and O–H groups in total. The van der Waals surface area contributed by atoms with Crippen molar-refractivity contribution >= 4 is 44.5 Å². The number of amides is 2. The molecule has 8 nitrogen and oxygen atoms in total. The van der Waals surface area contributed by atoms with E-state index in [-0.39, 0.29) is 41.7 Å². The summed E-state index contributed by atoms with van der Waals surface area (Å²) in [6, 6.07) is 5.66. The Balaban J connectivity index is 1.74. The maximum absolute atomic E-state index is 12.5. The summed E-state index contributed by atoms with van der Waals surface area (Å²) >= 11 is 1.34. The summed E-state index contributed by atoms with van der Waals surface area (Å²) in [5.74, 6) is -0.252. The largest absolute Gasteiger partial charge is 0.444 e. The third kappa shape index (κ3) is 6.00. The van der Waals surface area contributed by atoms with Crippen molar-refractivity contribution in [3.05, 3.63) is 29.3 Å². The Bertz CT molecular complexity index is 1010.